The summed E-state index contributed by atoms with van der Waals surface area (Å²) in [6.45, 7) is 8.06. The molecule has 0 amide bonds. The molecule has 5 nitrogen and oxygen atoms in total. The van der Waals surface area contributed by atoms with Crippen LogP contribution < -0.4 is 5.32 Å². The van der Waals surface area contributed by atoms with E-state index in [1.54, 1.807) is 0 Å². The molecular formula is C15H26N2O3S. The van der Waals surface area contributed by atoms with Crippen LogP contribution >= 0.6 is 0 Å². The van der Waals surface area contributed by atoms with Crippen molar-refractivity contribution in [2.45, 2.75) is 39.8 Å². The van der Waals surface area contributed by atoms with Gasteiger partial charge in [0.1, 0.15) is 11.5 Å². The van der Waals surface area contributed by atoms with Gasteiger partial charge in [-0.1, -0.05) is 6.92 Å². The number of nitrogens with one attached hydrogen (secondary N) is 1. The summed E-state index contributed by atoms with van der Waals surface area (Å²) >= 11 is 0. The van der Waals surface area contributed by atoms with E-state index in [0.717, 1.165) is 43.1 Å². The Morgan fingerprint density at radius 1 is 1.33 bits per heavy atom. The third-order valence-corrected chi connectivity index (χ3v) is 5.53. The van der Waals surface area contributed by atoms with Crippen LogP contribution in [0.15, 0.2) is 10.5 Å². The Balaban J connectivity index is 1.92. The highest BCUT2D eigenvalue weighted by atomic mass is 32.2. The molecular weight excluding hydrogens is 288 g/mol. The molecule has 1 aliphatic heterocycles. The van der Waals surface area contributed by atoms with E-state index in [9.17, 15) is 8.42 Å². The summed E-state index contributed by atoms with van der Waals surface area (Å²) in [6.07, 6.45) is 1.82. The third-order valence-electron chi connectivity index (χ3n) is 3.81. The Bertz CT molecular complexity index is 551. The second kappa shape index (κ2) is 7.42. The molecule has 1 aliphatic rings. The van der Waals surface area contributed by atoms with E-state index in [-0.39, 0.29) is 5.75 Å². The molecule has 2 heterocycles. The standard InChI is InChI=1S/C15H26N2O3S/c1-3-5-16-11-15-13(2)10-14(20-15)12-17-6-4-8-21(18,19)9-7-17/h10,16H,3-9,11-12H2,1-2H3. The average molecular weight is 314 g/mol. The summed E-state index contributed by atoms with van der Waals surface area (Å²) in [5.41, 5.74) is 1.16. The van der Waals surface area contributed by atoms with Gasteiger partial charge in [-0.3, -0.25) is 4.90 Å². The number of aryl methyl sites for hydroxylation is 1. The minimum absolute atomic E-state index is 0.262. The number of rotatable bonds is 6. The normalized spacial score (nSPS) is 19.5. The van der Waals surface area contributed by atoms with Gasteiger partial charge in [0.25, 0.3) is 0 Å². The van der Waals surface area contributed by atoms with Crippen molar-refractivity contribution in [2.24, 2.45) is 0 Å². The van der Waals surface area contributed by atoms with Crippen LogP contribution in [-0.2, 0) is 22.9 Å². The van der Waals surface area contributed by atoms with Crippen LogP contribution in [0, 0.1) is 6.92 Å². The summed E-state index contributed by atoms with van der Waals surface area (Å²) < 4.78 is 29.1. The maximum atomic E-state index is 11.6. The summed E-state index contributed by atoms with van der Waals surface area (Å²) in [5.74, 6) is 2.49. The van der Waals surface area contributed by atoms with Gasteiger partial charge in [-0.15, -0.1) is 0 Å². The van der Waals surface area contributed by atoms with Gasteiger partial charge in [0.15, 0.2) is 9.84 Å². The molecule has 0 spiro atoms. The van der Waals surface area contributed by atoms with Crippen LogP contribution in [-0.4, -0.2) is 44.5 Å². The second-order valence-electron chi connectivity index (χ2n) is 5.78. The molecule has 1 fully saturated rings. The second-order valence-corrected chi connectivity index (χ2v) is 8.08. The zero-order valence-electron chi connectivity index (χ0n) is 13.0. The molecule has 1 N–H and O–H groups in total. The van der Waals surface area contributed by atoms with Gasteiger partial charge in [-0.05, 0) is 44.5 Å². The molecule has 1 aromatic heterocycles. The first-order chi connectivity index (χ1) is 10.00. The monoisotopic (exact) mass is 314 g/mol. The van der Waals surface area contributed by atoms with Gasteiger partial charge in [0, 0.05) is 6.54 Å². The largest absolute Gasteiger partial charge is 0.463 e. The first-order valence-corrected chi connectivity index (χ1v) is 9.54. The van der Waals surface area contributed by atoms with E-state index >= 15 is 0 Å². The number of hydrogen-bond acceptors (Lipinski definition) is 5. The van der Waals surface area contributed by atoms with Gasteiger partial charge in [-0.2, -0.15) is 0 Å². The third kappa shape index (κ3) is 5.13. The Morgan fingerprint density at radius 2 is 2.14 bits per heavy atom. The van der Waals surface area contributed by atoms with E-state index in [2.05, 4.69) is 30.1 Å². The number of furan rings is 1. The van der Waals surface area contributed by atoms with Crippen LogP contribution in [0.5, 0.6) is 0 Å². The first-order valence-electron chi connectivity index (χ1n) is 7.72. The van der Waals surface area contributed by atoms with Gasteiger partial charge in [0.05, 0.1) is 24.6 Å². The van der Waals surface area contributed by atoms with Crippen molar-refractivity contribution in [2.75, 3.05) is 31.1 Å². The van der Waals surface area contributed by atoms with Crippen LogP contribution in [0.4, 0.5) is 0 Å². The predicted octanol–water partition coefficient (Wildman–Crippen LogP) is 1.71. The minimum Gasteiger partial charge on any atom is -0.463 e. The molecule has 0 saturated carbocycles. The van der Waals surface area contributed by atoms with Crippen molar-refractivity contribution in [3.8, 4) is 0 Å². The fourth-order valence-corrected chi connectivity index (χ4v) is 3.90. The van der Waals surface area contributed by atoms with Crippen LogP contribution in [0.1, 0.15) is 36.8 Å². The van der Waals surface area contributed by atoms with Crippen LogP contribution in [0.25, 0.3) is 0 Å². The van der Waals surface area contributed by atoms with Crippen molar-refractivity contribution < 1.29 is 12.8 Å². The lowest BCUT2D eigenvalue weighted by Crippen LogP contribution is -2.26. The molecule has 1 saturated heterocycles. The lowest BCUT2D eigenvalue weighted by molar-refractivity contribution is 0.258. The lowest BCUT2D eigenvalue weighted by atomic mass is 10.2. The van der Waals surface area contributed by atoms with Crippen molar-refractivity contribution in [1.82, 2.24) is 10.2 Å². The van der Waals surface area contributed by atoms with Gasteiger partial charge < -0.3 is 9.73 Å². The highest BCUT2D eigenvalue weighted by Crippen LogP contribution is 2.17. The first kappa shape index (κ1) is 16.5. The number of nitrogens with zero attached hydrogens (tertiary/aromatic N) is 1. The van der Waals surface area contributed by atoms with Gasteiger partial charge in [0.2, 0.25) is 0 Å². The number of sulfone groups is 1. The van der Waals surface area contributed by atoms with E-state index in [1.807, 2.05) is 0 Å². The zero-order chi connectivity index (χ0) is 15.3. The molecule has 1 aromatic rings. The minimum atomic E-state index is -2.84. The smallest absolute Gasteiger partial charge is 0.151 e. The van der Waals surface area contributed by atoms with Crippen molar-refractivity contribution >= 4 is 9.84 Å². The van der Waals surface area contributed by atoms with Crippen molar-refractivity contribution in [3.63, 3.8) is 0 Å². The van der Waals surface area contributed by atoms with Crippen molar-refractivity contribution in [1.29, 1.82) is 0 Å². The summed E-state index contributed by atoms with van der Waals surface area (Å²) in [5, 5.41) is 3.34. The maximum Gasteiger partial charge on any atom is 0.151 e. The topological polar surface area (TPSA) is 62.6 Å². The Hall–Kier alpha value is -0.850. The van der Waals surface area contributed by atoms with Gasteiger partial charge >= 0.3 is 0 Å². The molecule has 0 bridgehead atoms. The fourth-order valence-electron chi connectivity index (χ4n) is 2.59. The molecule has 0 radical (unpaired) electrons. The summed E-state index contributed by atoms with van der Waals surface area (Å²) in [4.78, 5) is 2.17. The Kier molecular flexibility index (Phi) is 5.84. The van der Waals surface area contributed by atoms with Crippen LogP contribution in [0.2, 0.25) is 0 Å². The average Bonchev–Trinajstić information content (AvgIpc) is 2.66. The summed E-state index contributed by atoms with van der Waals surface area (Å²) in [6, 6.07) is 2.07. The van der Waals surface area contributed by atoms with E-state index in [0.29, 0.717) is 25.3 Å². The molecule has 0 aromatic carbocycles. The maximum absolute atomic E-state index is 11.6. The van der Waals surface area contributed by atoms with Gasteiger partial charge in [-0.25, -0.2) is 8.42 Å². The molecule has 6 heteroatoms. The predicted molar refractivity (Wildman–Crippen MR) is 84.0 cm³/mol. The van der Waals surface area contributed by atoms with E-state index in [4.69, 9.17) is 4.42 Å². The molecule has 0 atom stereocenters. The van der Waals surface area contributed by atoms with E-state index in [1.165, 1.54) is 0 Å². The Labute approximate surface area is 127 Å². The van der Waals surface area contributed by atoms with Crippen molar-refractivity contribution in [3.05, 3.63) is 23.2 Å². The molecule has 0 aliphatic carbocycles. The molecule has 0 unspecified atom stereocenters. The molecule has 2 rings (SSSR count). The zero-order valence-corrected chi connectivity index (χ0v) is 13.8. The Morgan fingerprint density at radius 3 is 2.90 bits per heavy atom. The highest BCUT2D eigenvalue weighted by Gasteiger charge is 2.20. The summed E-state index contributed by atoms with van der Waals surface area (Å²) in [7, 11) is -2.84. The number of hydrogen-bond donors (Lipinski definition) is 1. The molecule has 120 valence electrons. The fraction of sp³-hybridized carbons (Fsp3) is 0.733. The quantitative estimate of drug-likeness (QED) is 0.810. The SMILES string of the molecule is CCCNCc1oc(CN2CCCS(=O)(=O)CC2)cc1C. The van der Waals surface area contributed by atoms with E-state index < -0.39 is 9.84 Å². The molecule has 21 heavy (non-hydrogen) atoms. The lowest BCUT2D eigenvalue weighted by Gasteiger charge is -2.17. The highest BCUT2D eigenvalue weighted by molar-refractivity contribution is 7.91. The van der Waals surface area contributed by atoms with Crippen LogP contribution in [0.3, 0.4) is 0 Å².